The number of hydrogen-bond donors (Lipinski definition) is 2. The zero-order valence-electron chi connectivity index (χ0n) is 11.6. The van der Waals surface area contributed by atoms with Crippen LogP contribution in [0.15, 0.2) is 24.3 Å². The van der Waals surface area contributed by atoms with Crippen molar-refractivity contribution in [2.75, 3.05) is 0 Å². The third-order valence-electron chi connectivity index (χ3n) is 2.32. The number of amides is 1. The fourth-order valence-electron chi connectivity index (χ4n) is 1.60. The summed E-state index contributed by atoms with van der Waals surface area (Å²) in [6.45, 7) is 5.20. The molecule has 0 spiro atoms. The van der Waals surface area contributed by atoms with Gasteiger partial charge >= 0.3 is 12.1 Å². The predicted octanol–water partition coefficient (Wildman–Crippen LogP) is 3.38. The standard InChI is InChI=1S/C14H18ClNO4/c1-14(2,3)20-13(19)16-11(8-12(17)18)9-5-4-6-10(15)7-9/h4-7,11H,8H2,1-3H3,(H,16,19)(H,17,18). The topological polar surface area (TPSA) is 75.6 Å². The minimum absolute atomic E-state index is 0.250. The van der Waals surface area contributed by atoms with Crippen molar-refractivity contribution in [3.63, 3.8) is 0 Å². The Hall–Kier alpha value is -1.75. The van der Waals surface area contributed by atoms with E-state index >= 15 is 0 Å². The summed E-state index contributed by atoms with van der Waals surface area (Å²) in [6, 6.07) is 6.00. The first kappa shape index (κ1) is 16.3. The summed E-state index contributed by atoms with van der Waals surface area (Å²) in [7, 11) is 0. The molecule has 0 aliphatic rings. The van der Waals surface area contributed by atoms with E-state index in [0.29, 0.717) is 10.6 Å². The van der Waals surface area contributed by atoms with Gasteiger partial charge < -0.3 is 15.2 Å². The Morgan fingerprint density at radius 2 is 2.05 bits per heavy atom. The lowest BCUT2D eigenvalue weighted by Gasteiger charge is -2.23. The van der Waals surface area contributed by atoms with Crippen molar-refractivity contribution < 1.29 is 19.4 Å². The fourth-order valence-corrected chi connectivity index (χ4v) is 1.80. The molecule has 1 atom stereocenters. The second-order valence-corrected chi connectivity index (χ2v) is 5.79. The van der Waals surface area contributed by atoms with E-state index in [9.17, 15) is 9.59 Å². The highest BCUT2D eigenvalue weighted by Crippen LogP contribution is 2.21. The van der Waals surface area contributed by atoms with Gasteiger partial charge in [0.15, 0.2) is 0 Å². The molecule has 1 amide bonds. The first-order valence-electron chi connectivity index (χ1n) is 6.14. The highest BCUT2D eigenvalue weighted by Gasteiger charge is 2.22. The van der Waals surface area contributed by atoms with E-state index in [1.54, 1.807) is 45.0 Å². The molecule has 110 valence electrons. The zero-order chi connectivity index (χ0) is 15.3. The van der Waals surface area contributed by atoms with Gasteiger partial charge in [0.05, 0.1) is 12.5 Å². The van der Waals surface area contributed by atoms with Crippen LogP contribution in [-0.4, -0.2) is 22.8 Å². The maximum atomic E-state index is 11.7. The van der Waals surface area contributed by atoms with Crippen molar-refractivity contribution in [3.8, 4) is 0 Å². The number of alkyl carbamates (subject to hydrolysis) is 1. The van der Waals surface area contributed by atoms with Gasteiger partial charge in [-0.3, -0.25) is 4.79 Å². The monoisotopic (exact) mass is 299 g/mol. The molecule has 1 unspecified atom stereocenters. The summed E-state index contributed by atoms with van der Waals surface area (Å²) in [5.74, 6) is -1.02. The number of halogens is 1. The van der Waals surface area contributed by atoms with Gasteiger partial charge in [0.1, 0.15) is 5.60 Å². The number of hydrogen-bond acceptors (Lipinski definition) is 3. The summed E-state index contributed by atoms with van der Waals surface area (Å²) < 4.78 is 5.13. The Morgan fingerprint density at radius 3 is 2.55 bits per heavy atom. The van der Waals surface area contributed by atoms with Gasteiger partial charge in [0.2, 0.25) is 0 Å². The number of benzene rings is 1. The van der Waals surface area contributed by atoms with Crippen LogP contribution in [-0.2, 0) is 9.53 Å². The number of carboxylic acids is 1. The first-order valence-corrected chi connectivity index (χ1v) is 6.52. The van der Waals surface area contributed by atoms with Crippen LogP contribution in [0.5, 0.6) is 0 Å². The number of carboxylic acid groups (broad SMARTS) is 1. The molecule has 0 fully saturated rings. The van der Waals surface area contributed by atoms with Crippen molar-refractivity contribution in [2.24, 2.45) is 0 Å². The average molecular weight is 300 g/mol. The first-order chi connectivity index (χ1) is 9.17. The number of carbonyl (C=O) groups excluding carboxylic acids is 1. The molecular formula is C14H18ClNO4. The molecule has 0 radical (unpaired) electrons. The quantitative estimate of drug-likeness (QED) is 0.893. The molecule has 0 aromatic heterocycles. The lowest BCUT2D eigenvalue weighted by atomic mass is 10.0. The van der Waals surface area contributed by atoms with E-state index in [-0.39, 0.29) is 6.42 Å². The van der Waals surface area contributed by atoms with Gasteiger partial charge in [0, 0.05) is 5.02 Å². The summed E-state index contributed by atoms with van der Waals surface area (Å²) in [4.78, 5) is 22.7. The van der Waals surface area contributed by atoms with E-state index in [2.05, 4.69) is 5.32 Å². The molecule has 1 aromatic rings. The average Bonchev–Trinajstić information content (AvgIpc) is 2.24. The van der Waals surface area contributed by atoms with Gasteiger partial charge in [-0.2, -0.15) is 0 Å². The van der Waals surface area contributed by atoms with Crippen LogP contribution in [0.2, 0.25) is 5.02 Å². The zero-order valence-corrected chi connectivity index (χ0v) is 12.4. The van der Waals surface area contributed by atoms with Crippen molar-refractivity contribution in [1.82, 2.24) is 5.32 Å². The SMILES string of the molecule is CC(C)(C)OC(=O)NC(CC(=O)O)c1cccc(Cl)c1. The lowest BCUT2D eigenvalue weighted by Crippen LogP contribution is -2.35. The van der Waals surface area contributed by atoms with Gasteiger partial charge in [-0.25, -0.2) is 4.79 Å². The van der Waals surface area contributed by atoms with E-state index in [4.69, 9.17) is 21.4 Å². The molecule has 5 nitrogen and oxygen atoms in total. The Balaban J connectivity index is 2.85. The molecule has 2 N–H and O–H groups in total. The third kappa shape index (κ3) is 5.93. The largest absolute Gasteiger partial charge is 0.481 e. The molecule has 6 heteroatoms. The van der Waals surface area contributed by atoms with Crippen LogP contribution in [0.3, 0.4) is 0 Å². The molecule has 0 aliphatic carbocycles. The van der Waals surface area contributed by atoms with Crippen LogP contribution < -0.4 is 5.32 Å². The molecule has 1 aromatic carbocycles. The highest BCUT2D eigenvalue weighted by molar-refractivity contribution is 6.30. The second kappa shape index (κ2) is 6.61. The van der Waals surface area contributed by atoms with E-state index in [1.807, 2.05) is 0 Å². The fraction of sp³-hybridized carbons (Fsp3) is 0.429. The Bertz CT molecular complexity index is 496. The maximum absolute atomic E-state index is 11.7. The molecular weight excluding hydrogens is 282 g/mol. The number of carbonyl (C=O) groups is 2. The third-order valence-corrected chi connectivity index (χ3v) is 2.56. The molecule has 0 heterocycles. The summed E-state index contributed by atoms with van der Waals surface area (Å²) in [5, 5.41) is 12.0. The molecule has 0 bridgehead atoms. The van der Waals surface area contributed by atoms with Gasteiger partial charge in [0.25, 0.3) is 0 Å². The van der Waals surface area contributed by atoms with Crippen molar-refractivity contribution in [3.05, 3.63) is 34.9 Å². The van der Waals surface area contributed by atoms with Crippen molar-refractivity contribution >= 4 is 23.7 Å². The second-order valence-electron chi connectivity index (χ2n) is 5.35. The highest BCUT2D eigenvalue weighted by atomic mass is 35.5. The molecule has 0 saturated carbocycles. The molecule has 0 saturated heterocycles. The molecule has 1 rings (SSSR count). The minimum Gasteiger partial charge on any atom is -0.481 e. The van der Waals surface area contributed by atoms with Gasteiger partial charge in [-0.15, -0.1) is 0 Å². The van der Waals surface area contributed by atoms with E-state index < -0.39 is 23.7 Å². The predicted molar refractivity (Wildman–Crippen MR) is 75.8 cm³/mol. The van der Waals surface area contributed by atoms with Crippen LogP contribution >= 0.6 is 11.6 Å². The van der Waals surface area contributed by atoms with Crippen LogP contribution in [0.1, 0.15) is 38.8 Å². The van der Waals surface area contributed by atoms with Crippen molar-refractivity contribution in [1.29, 1.82) is 0 Å². The smallest absolute Gasteiger partial charge is 0.408 e. The number of nitrogens with one attached hydrogen (secondary N) is 1. The van der Waals surface area contributed by atoms with Crippen molar-refractivity contribution in [2.45, 2.75) is 38.8 Å². The summed E-state index contributed by atoms with van der Waals surface area (Å²) in [6.07, 6.45) is -0.914. The van der Waals surface area contributed by atoms with Gasteiger partial charge in [-0.05, 0) is 38.5 Å². The van der Waals surface area contributed by atoms with Crippen LogP contribution in [0.4, 0.5) is 4.79 Å². The molecule has 20 heavy (non-hydrogen) atoms. The number of rotatable bonds is 4. The van der Waals surface area contributed by atoms with Crippen LogP contribution in [0, 0.1) is 0 Å². The summed E-state index contributed by atoms with van der Waals surface area (Å²) in [5.41, 5.74) is -0.0302. The van der Waals surface area contributed by atoms with E-state index in [0.717, 1.165) is 0 Å². The maximum Gasteiger partial charge on any atom is 0.408 e. The Kier molecular flexibility index (Phi) is 5.39. The molecule has 0 aliphatic heterocycles. The lowest BCUT2D eigenvalue weighted by molar-refractivity contribution is -0.137. The minimum atomic E-state index is -1.02. The summed E-state index contributed by atoms with van der Waals surface area (Å²) >= 11 is 5.88. The normalized spacial score (nSPS) is 12.6. The van der Waals surface area contributed by atoms with Crippen LogP contribution in [0.25, 0.3) is 0 Å². The van der Waals surface area contributed by atoms with E-state index in [1.165, 1.54) is 0 Å². The van der Waals surface area contributed by atoms with Gasteiger partial charge in [-0.1, -0.05) is 23.7 Å². The number of aliphatic carboxylic acids is 1. The Labute approximate surface area is 122 Å². The number of ether oxygens (including phenoxy) is 1. The Morgan fingerprint density at radius 1 is 1.40 bits per heavy atom.